The third-order valence-corrected chi connectivity index (χ3v) is 1.64. The fraction of sp³-hybridized carbons (Fsp3) is 0.300. The van der Waals surface area contributed by atoms with Crippen LogP contribution >= 0.6 is 0 Å². The highest BCUT2D eigenvalue weighted by atomic mass is 16.3. The molecule has 63 valence electrons. The van der Waals surface area contributed by atoms with Gasteiger partial charge in [0.05, 0.1) is 6.61 Å². The van der Waals surface area contributed by atoms with Crippen LogP contribution in [-0.4, -0.2) is 12.4 Å². The number of hydrogen-bond donors (Lipinski definition) is 0. The molecule has 0 saturated carbocycles. The number of Topliss-reactive ketones (excluding diaryl/α,β-unsaturated/α-hetero) is 1. The lowest BCUT2D eigenvalue weighted by atomic mass is 10.1. The number of carbonyl (C=O) groups is 1. The summed E-state index contributed by atoms with van der Waals surface area (Å²) in [5.74, 6) is 0.0615. The Morgan fingerprint density at radius 3 is 2.42 bits per heavy atom. The molecule has 0 atom stereocenters. The molecule has 0 N–H and O–H groups in total. The number of hydrogen-bond acceptors (Lipinski definition) is 1. The fourth-order valence-electron chi connectivity index (χ4n) is 1.00. The molecular formula is C10H11O2. The molecule has 1 rings (SSSR count). The van der Waals surface area contributed by atoms with Gasteiger partial charge in [-0.25, -0.2) is 5.11 Å². The molecule has 1 aromatic rings. The molecule has 0 aromatic heterocycles. The predicted octanol–water partition coefficient (Wildman–Crippen LogP) is 2.08. The molecule has 0 unspecified atom stereocenters. The summed E-state index contributed by atoms with van der Waals surface area (Å²) in [5, 5.41) is 10.1. The van der Waals surface area contributed by atoms with Gasteiger partial charge in [0.2, 0.25) is 0 Å². The second-order valence-corrected chi connectivity index (χ2v) is 2.60. The maximum absolute atomic E-state index is 11.3. The van der Waals surface area contributed by atoms with Crippen LogP contribution in [0.3, 0.4) is 0 Å². The molecule has 0 bridgehead atoms. The van der Waals surface area contributed by atoms with E-state index in [9.17, 15) is 9.90 Å². The molecule has 0 aliphatic rings. The van der Waals surface area contributed by atoms with E-state index in [1.807, 2.05) is 18.2 Å². The van der Waals surface area contributed by atoms with E-state index >= 15 is 0 Å². The predicted molar refractivity (Wildman–Crippen MR) is 45.6 cm³/mol. The van der Waals surface area contributed by atoms with E-state index in [1.165, 1.54) is 0 Å². The molecule has 0 aliphatic carbocycles. The van der Waals surface area contributed by atoms with Gasteiger partial charge >= 0.3 is 0 Å². The first kappa shape index (κ1) is 8.94. The van der Waals surface area contributed by atoms with Crippen LogP contribution in [0.4, 0.5) is 0 Å². The van der Waals surface area contributed by atoms with Crippen molar-refractivity contribution in [1.82, 2.24) is 0 Å². The largest absolute Gasteiger partial charge is 0.294 e. The van der Waals surface area contributed by atoms with Crippen LogP contribution in [0.15, 0.2) is 30.3 Å². The van der Waals surface area contributed by atoms with Crippen molar-refractivity contribution in [2.24, 2.45) is 0 Å². The molecule has 1 aromatic carbocycles. The van der Waals surface area contributed by atoms with E-state index in [0.717, 1.165) is 0 Å². The number of benzene rings is 1. The van der Waals surface area contributed by atoms with Gasteiger partial charge in [-0.15, -0.1) is 0 Å². The van der Waals surface area contributed by atoms with Gasteiger partial charge in [0.25, 0.3) is 0 Å². The second kappa shape index (κ2) is 4.67. The molecule has 0 amide bonds. The SMILES string of the molecule is [O]CCCC(=O)c1ccccc1. The molecule has 0 heterocycles. The Kier molecular flexibility index (Phi) is 3.48. The normalized spacial score (nSPS) is 9.75. The van der Waals surface area contributed by atoms with Crippen LogP contribution in [0.2, 0.25) is 0 Å². The molecule has 0 aliphatic heterocycles. The lowest BCUT2D eigenvalue weighted by Crippen LogP contribution is -1.99. The van der Waals surface area contributed by atoms with Crippen molar-refractivity contribution in [3.05, 3.63) is 35.9 Å². The van der Waals surface area contributed by atoms with Crippen molar-refractivity contribution >= 4 is 5.78 Å². The first-order valence-corrected chi connectivity index (χ1v) is 4.01. The minimum Gasteiger partial charge on any atom is -0.294 e. The molecule has 0 saturated heterocycles. The van der Waals surface area contributed by atoms with Gasteiger partial charge in [0, 0.05) is 12.0 Å². The minimum absolute atomic E-state index is 0.0615. The topological polar surface area (TPSA) is 37.0 Å². The van der Waals surface area contributed by atoms with Crippen LogP contribution < -0.4 is 0 Å². The van der Waals surface area contributed by atoms with Crippen molar-refractivity contribution in [3.63, 3.8) is 0 Å². The van der Waals surface area contributed by atoms with E-state index in [1.54, 1.807) is 12.1 Å². The lowest BCUT2D eigenvalue weighted by Gasteiger charge is -1.97. The standard InChI is InChI=1S/C10H11O2/c11-8-4-7-10(12)9-5-2-1-3-6-9/h1-3,5-6H,4,7-8H2. The van der Waals surface area contributed by atoms with Crippen LogP contribution in [0, 0.1) is 0 Å². The molecule has 12 heavy (non-hydrogen) atoms. The highest BCUT2D eigenvalue weighted by molar-refractivity contribution is 5.95. The summed E-state index contributed by atoms with van der Waals surface area (Å²) in [7, 11) is 0. The van der Waals surface area contributed by atoms with Crippen molar-refractivity contribution in [1.29, 1.82) is 0 Å². The summed E-state index contributed by atoms with van der Waals surface area (Å²) < 4.78 is 0. The number of rotatable bonds is 4. The Morgan fingerprint density at radius 1 is 1.17 bits per heavy atom. The second-order valence-electron chi connectivity index (χ2n) is 2.60. The maximum Gasteiger partial charge on any atom is 0.162 e. The monoisotopic (exact) mass is 163 g/mol. The van der Waals surface area contributed by atoms with Crippen LogP contribution in [0.25, 0.3) is 0 Å². The Labute approximate surface area is 71.8 Å². The van der Waals surface area contributed by atoms with E-state index in [2.05, 4.69) is 0 Å². The Bertz CT molecular complexity index is 241. The summed E-state index contributed by atoms with van der Waals surface area (Å²) in [6, 6.07) is 9.06. The van der Waals surface area contributed by atoms with E-state index in [-0.39, 0.29) is 12.4 Å². The van der Waals surface area contributed by atoms with Crippen LogP contribution in [-0.2, 0) is 5.11 Å². The maximum atomic E-state index is 11.3. The minimum atomic E-state index is -0.168. The van der Waals surface area contributed by atoms with E-state index in [4.69, 9.17) is 0 Å². The van der Waals surface area contributed by atoms with Crippen LogP contribution in [0.5, 0.6) is 0 Å². The summed E-state index contributed by atoms with van der Waals surface area (Å²) in [6.07, 6.45) is 0.807. The van der Waals surface area contributed by atoms with Crippen molar-refractivity contribution in [3.8, 4) is 0 Å². The Balaban J connectivity index is 2.54. The van der Waals surface area contributed by atoms with Gasteiger partial charge in [-0.2, -0.15) is 0 Å². The molecule has 0 fully saturated rings. The zero-order chi connectivity index (χ0) is 8.81. The molecule has 2 nitrogen and oxygen atoms in total. The van der Waals surface area contributed by atoms with Gasteiger partial charge in [0.1, 0.15) is 0 Å². The highest BCUT2D eigenvalue weighted by Crippen LogP contribution is 2.04. The highest BCUT2D eigenvalue weighted by Gasteiger charge is 2.02. The van der Waals surface area contributed by atoms with Crippen LogP contribution in [0.1, 0.15) is 23.2 Å². The van der Waals surface area contributed by atoms with Gasteiger partial charge in [0.15, 0.2) is 5.78 Å². The summed E-state index contributed by atoms with van der Waals surface area (Å²) in [4.78, 5) is 11.3. The summed E-state index contributed by atoms with van der Waals surface area (Å²) >= 11 is 0. The zero-order valence-electron chi connectivity index (χ0n) is 6.82. The van der Waals surface area contributed by atoms with E-state index < -0.39 is 0 Å². The van der Waals surface area contributed by atoms with Crippen molar-refractivity contribution in [2.75, 3.05) is 6.61 Å². The Morgan fingerprint density at radius 2 is 1.83 bits per heavy atom. The summed E-state index contributed by atoms with van der Waals surface area (Å²) in [6.45, 7) is -0.168. The van der Waals surface area contributed by atoms with Gasteiger partial charge in [-0.1, -0.05) is 30.3 Å². The van der Waals surface area contributed by atoms with Crippen molar-refractivity contribution < 1.29 is 9.90 Å². The molecule has 2 heteroatoms. The lowest BCUT2D eigenvalue weighted by molar-refractivity contribution is 0.0959. The Hall–Kier alpha value is -1.15. The molecular weight excluding hydrogens is 152 g/mol. The third-order valence-electron chi connectivity index (χ3n) is 1.64. The van der Waals surface area contributed by atoms with Gasteiger partial charge < -0.3 is 0 Å². The average Bonchev–Trinajstić information content (AvgIpc) is 2.15. The summed E-state index contributed by atoms with van der Waals surface area (Å²) in [5.41, 5.74) is 0.700. The smallest absolute Gasteiger partial charge is 0.162 e. The van der Waals surface area contributed by atoms with Gasteiger partial charge in [-0.3, -0.25) is 4.79 Å². The first-order chi connectivity index (χ1) is 5.84. The quantitative estimate of drug-likeness (QED) is 0.626. The van der Waals surface area contributed by atoms with Gasteiger partial charge in [-0.05, 0) is 6.42 Å². The average molecular weight is 163 g/mol. The number of carbonyl (C=O) groups excluding carboxylic acids is 1. The first-order valence-electron chi connectivity index (χ1n) is 4.01. The number of ketones is 1. The molecule has 1 radical (unpaired) electrons. The molecule has 0 spiro atoms. The fourth-order valence-corrected chi connectivity index (χ4v) is 1.00. The van der Waals surface area contributed by atoms with Crippen molar-refractivity contribution in [2.45, 2.75) is 12.8 Å². The third kappa shape index (κ3) is 2.47. The zero-order valence-corrected chi connectivity index (χ0v) is 6.82. The van der Waals surface area contributed by atoms with E-state index in [0.29, 0.717) is 18.4 Å².